The molecule has 1 aromatic carbocycles. The van der Waals surface area contributed by atoms with Gasteiger partial charge in [0.05, 0.1) is 19.3 Å². The first-order chi connectivity index (χ1) is 9.00. The molecular weight excluding hydrogens is 285 g/mol. The molecule has 0 saturated carbocycles. The Kier molecular flexibility index (Phi) is 7.42. The van der Waals surface area contributed by atoms with Crippen LogP contribution >= 0.6 is 23.2 Å². The largest absolute Gasteiger partial charge is 0.387 e. The smallest absolute Gasteiger partial charge is 0.0929 e. The maximum absolute atomic E-state index is 10.0. The Hall–Kier alpha value is -0.580. The highest BCUT2D eigenvalue weighted by Gasteiger charge is 2.11. The van der Waals surface area contributed by atoms with E-state index in [0.717, 1.165) is 5.57 Å². The van der Waals surface area contributed by atoms with Gasteiger partial charge in [0.15, 0.2) is 0 Å². The first-order valence-corrected chi connectivity index (χ1v) is 6.82. The average molecular weight is 304 g/mol. The Bertz CT molecular complexity index is 424. The second-order valence-corrected chi connectivity index (χ2v) is 5.24. The molecule has 1 atom stereocenters. The van der Waals surface area contributed by atoms with Gasteiger partial charge in [0, 0.05) is 28.7 Å². The van der Waals surface area contributed by atoms with Crippen molar-refractivity contribution < 1.29 is 9.84 Å². The first-order valence-electron chi connectivity index (χ1n) is 6.06. The fourth-order valence-corrected chi connectivity index (χ4v) is 1.93. The molecule has 0 fully saturated rings. The number of aliphatic hydroxyl groups is 1. The summed E-state index contributed by atoms with van der Waals surface area (Å²) in [6.07, 6.45) is -0.688. The molecule has 0 bridgehead atoms. The molecule has 0 radical (unpaired) electrons. The summed E-state index contributed by atoms with van der Waals surface area (Å²) in [5.41, 5.74) is 1.62. The van der Waals surface area contributed by atoms with Gasteiger partial charge in [-0.15, -0.1) is 0 Å². The highest BCUT2D eigenvalue weighted by atomic mass is 35.5. The number of ether oxygens (including phenoxy) is 1. The minimum Gasteiger partial charge on any atom is -0.387 e. The maximum Gasteiger partial charge on any atom is 0.0929 e. The van der Waals surface area contributed by atoms with Gasteiger partial charge in [0.2, 0.25) is 0 Å². The van der Waals surface area contributed by atoms with Gasteiger partial charge < -0.3 is 15.2 Å². The van der Waals surface area contributed by atoms with Gasteiger partial charge in [-0.05, 0) is 25.1 Å². The maximum atomic E-state index is 10.0. The summed E-state index contributed by atoms with van der Waals surface area (Å²) in [5.74, 6) is 0. The lowest BCUT2D eigenvalue weighted by atomic mass is 10.1. The number of halogens is 2. The van der Waals surface area contributed by atoms with Crippen molar-refractivity contribution in [1.82, 2.24) is 5.32 Å². The first kappa shape index (κ1) is 16.5. The standard InChI is InChI=1S/C14H19Cl2NO2/c1-10(2)9-19-6-5-17-8-14(18)12-7-11(15)3-4-13(12)16/h3-4,7,14,17-18H,1,5-6,8-9H2,2H3. The molecule has 0 saturated heterocycles. The number of benzene rings is 1. The van der Waals surface area contributed by atoms with Crippen molar-refractivity contribution in [2.45, 2.75) is 13.0 Å². The molecule has 0 heterocycles. The van der Waals surface area contributed by atoms with E-state index in [1.54, 1.807) is 18.2 Å². The van der Waals surface area contributed by atoms with Crippen molar-refractivity contribution in [3.8, 4) is 0 Å². The van der Waals surface area contributed by atoms with Crippen LogP contribution in [0.4, 0.5) is 0 Å². The monoisotopic (exact) mass is 303 g/mol. The number of nitrogens with one attached hydrogen (secondary N) is 1. The van der Waals surface area contributed by atoms with Crippen molar-refractivity contribution >= 4 is 23.2 Å². The Labute approximate surface area is 124 Å². The molecule has 1 unspecified atom stereocenters. The molecule has 1 aromatic rings. The van der Waals surface area contributed by atoms with Gasteiger partial charge >= 0.3 is 0 Å². The number of aliphatic hydroxyl groups excluding tert-OH is 1. The molecule has 0 aliphatic heterocycles. The summed E-state index contributed by atoms with van der Waals surface area (Å²) < 4.78 is 5.33. The zero-order valence-corrected chi connectivity index (χ0v) is 12.5. The van der Waals surface area contributed by atoms with Crippen LogP contribution in [0.2, 0.25) is 10.0 Å². The summed E-state index contributed by atoms with van der Waals surface area (Å²) in [6.45, 7) is 7.85. The minimum absolute atomic E-state index is 0.399. The molecule has 5 heteroatoms. The van der Waals surface area contributed by atoms with E-state index in [1.807, 2.05) is 6.92 Å². The molecule has 0 aromatic heterocycles. The van der Waals surface area contributed by atoms with Crippen LogP contribution in [0.15, 0.2) is 30.4 Å². The molecule has 0 aliphatic rings. The lowest BCUT2D eigenvalue weighted by Crippen LogP contribution is -2.25. The van der Waals surface area contributed by atoms with Gasteiger partial charge in [-0.1, -0.05) is 35.4 Å². The molecule has 3 nitrogen and oxygen atoms in total. The van der Waals surface area contributed by atoms with E-state index >= 15 is 0 Å². The highest BCUT2D eigenvalue weighted by Crippen LogP contribution is 2.25. The van der Waals surface area contributed by atoms with Gasteiger partial charge in [0.25, 0.3) is 0 Å². The molecule has 0 aliphatic carbocycles. The molecule has 0 amide bonds. The minimum atomic E-state index is -0.688. The van der Waals surface area contributed by atoms with Crippen molar-refractivity contribution in [1.29, 1.82) is 0 Å². The van der Waals surface area contributed by atoms with Crippen LogP contribution < -0.4 is 5.32 Å². The second-order valence-electron chi connectivity index (χ2n) is 4.40. The van der Waals surface area contributed by atoms with Gasteiger partial charge in [0.1, 0.15) is 0 Å². The van der Waals surface area contributed by atoms with E-state index in [-0.39, 0.29) is 0 Å². The van der Waals surface area contributed by atoms with E-state index in [2.05, 4.69) is 11.9 Å². The van der Waals surface area contributed by atoms with Crippen LogP contribution in [-0.4, -0.2) is 31.4 Å². The number of hydrogen-bond acceptors (Lipinski definition) is 3. The van der Waals surface area contributed by atoms with Gasteiger partial charge in [-0.2, -0.15) is 0 Å². The quantitative estimate of drug-likeness (QED) is 0.572. The molecule has 2 N–H and O–H groups in total. The number of hydrogen-bond donors (Lipinski definition) is 2. The van der Waals surface area contributed by atoms with E-state index in [0.29, 0.717) is 41.9 Å². The zero-order valence-electron chi connectivity index (χ0n) is 11.0. The predicted octanol–water partition coefficient (Wildman–Crippen LogP) is 3.21. The Balaban J connectivity index is 2.29. The predicted molar refractivity (Wildman–Crippen MR) is 79.9 cm³/mol. The molecular formula is C14H19Cl2NO2. The van der Waals surface area contributed by atoms with Crippen molar-refractivity contribution in [3.63, 3.8) is 0 Å². The highest BCUT2D eigenvalue weighted by molar-refractivity contribution is 6.33. The van der Waals surface area contributed by atoms with E-state index in [4.69, 9.17) is 27.9 Å². The van der Waals surface area contributed by atoms with Gasteiger partial charge in [-0.25, -0.2) is 0 Å². The van der Waals surface area contributed by atoms with Crippen molar-refractivity contribution in [2.24, 2.45) is 0 Å². The second kappa shape index (κ2) is 8.56. The Morgan fingerprint density at radius 3 is 2.89 bits per heavy atom. The van der Waals surface area contributed by atoms with Crippen LogP contribution in [0.1, 0.15) is 18.6 Å². The molecule has 0 spiro atoms. The third kappa shape index (κ3) is 6.41. The fraction of sp³-hybridized carbons (Fsp3) is 0.429. The van der Waals surface area contributed by atoms with E-state index in [9.17, 15) is 5.11 Å². The van der Waals surface area contributed by atoms with Crippen LogP contribution in [0, 0.1) is 0 Å². The van der Waals surface area contributed by atoms with Crippen molar-refractivity contribution in [2.75, 3.05) is 26.3 Å². The topological polar surface area (TPSA) is 41.5 Å². The third-order valence-electron chi connectivity index (χ3n) is 2.43. The lowest BCUT2D eigenvalue weighted by molar-refractivity contribution is 0.144. The Morgan fingerprint density at radius 1 is 1.47 bits per heavy atom. The van der Waals surface area contributed by atoms with Gasteiger partial charge in [-0.3, -0.25) is 0 Å². The summed E-state index contributed by atoms with van der Waals surface area (Å²) in [6, 6.07) is 5.05. The summed E-state index contributed by atoms with van der Waals surface area (Å²) >= 11 is 11.9. The van der Waals surface area contributed by atoms with Crippen LogP contribution in [0.5, 0.6) is 0 Å². The van der Waals surface area contributed by atoms with E-state index in [1.165, 1.54) is 0 Å². The van der Waals surface area contributed by atoms with Crippen LogP contribution in [0.25, 0.3) is 0 Å². The summed E-state index contributed by atoms with van der Waals surface area (Å²) in [5, 5.41) is 14.2. The normalized spacial score (nSPS) is 12.4. The fourth-order valence-electron chi connectivity index (χ4n) is 1.51. The molecule has 19 heavy (non-hydrogen) atoms. The summed E-state index contributed by atoms with van der Waals surface area (Å²) in [7, 11) is 0. The SMILES string of the molecule is C=C(C)COCCNCC(O)c1cc(Cl)ccc1Cl. The van der Waals surface area contributed by atoms with Crippen molar-refractivity contribution in [3.05, 3.63) is 46.0 Å². The van der Waals surface area contributed by atoms with Crippen LogP contribution in [0.3, 0.4) is 0 Å². The number of rotatable bonds is 8. The molecule has 106 valence electrons. The Morgan fingerprint density at radius 2 is 2.21 bits per heavy atom. The zero-order chi connectivity index (χ0) is 14.3. The average Bonchev–Trinajstić information content (AvgIpc) is 2.36. The molecule has 1 rings (SSSR count). The summed E-state index contributed by atoms with van der Waals surface area (Å²) in [4.78, 5) is 0. The van der Waals surface area contributed by atoms with E-state index < -0.39 is 6.10 Å². The van der Waals surface area contributed by atoms with Crippen LogP contribution in [-0.2, 0) is 4.74 Å². The lowest BCUT2D eigenvalue weighted by Gasteiger charge is -2.14. The third-order valence-corrected chi connectivity index (χ3v) is 3.01.